The van der Waals surface area contributed by atoms with Crippen LogP contribution in [0.1, 0.15) is 28.9 Å². The molecule has 3 heterocycles. The molecule has 156 valence electrons. The Morgan fingerprint density at radius 3 is 2.76 bits per heavy atom. The van der Waals surface area contributed by atoms with E-state index >= 15 is 0 Å². The maximum atomic E-state index is 12.6. The van der Waals surface area contributed by atoms with Crippen LogP contribution in [0.5, 0.6) is 0 Å². The first-order chi connectivity index (χ1) is 13.0. The van der Waals surface area contributed by atoms with E-state index < -0.39 is 0 Å². The molecule has 2 N–H and O–H groups in total. The third kappa shape index (κ3) is 4.27. The largest absolute Gasteiger partial charge is 0.398 e. The van der Waals surface area contributed by atoms with Gasteiger partial charge >= 0.3 is 0 Å². The molecule has 0 aliphatic carbocycles. The molecule has 0 amide bonds. The number of hydrogen-bond donors (Lipinski definition) is 1. The lowest BCUT2D eigenvalue weighted by Gasteiger charge is -2.31. The fraction of sp³-hybridized carbons (Fsp3) is 0.350. The van der Waals surface area contributed by atoms with E-state index in [1.807, 2.05) is 31.4 Å². The number of aromatic nitrogens is 3. The summed E-state index contributed by atoms with van der Waals surface area (Å²) < 4.78 is 1.39. The summed E-state index contributed by atoms with van der Waals surface area (Å²) in [5, 5.41) is 7.06. The van der Waals surface area contributed by atoms with Gasteiger partial charge in [0, 0.05) is 30.3 Å². The Kier molecular flexibility index (Phi) is 7.32. The number of nitrogens with zero attached hydrogens (tertiary/aromatic N) is 4. The number of nitrogens with two attached hydrogens (primary N) is 1. The van der Waals surface area contributed by atoms with E-state index in [1.165, 1.54) is 27.3 Å². The average molecular weight is 454 g/mol. The fourth-order valence-corrected chi connectivity index (χ4v) is 4.59. The van der Waals surface area contributed by atoms with Crippen molar-refractivity contribution in [1.82, 2.24) is 14.8 Å². The molecule has 0 bridgehead atoms. The van der Waals surface area contributed by atoms with Crippen molar-refractivity contribution in [3.8, 4) is 10.6 Å². The predicted octanol–water partition coefficient (Wildman–Crippen LogP) is 3.90. The van der Waals surface area contributed by atoms with Gasteiger partial charge in [-0.2, -0.15) is 5.10 Å². The molecule has 29 heavy (non-hydrogen) atoms. The summed E-state index contributed by atoms with van der Waals surface area (Å²) in [6, 6.07) is 6.10. The lowest BCUT2D eigenvalue weighted by atomic mass is 10.00. The topological polar surface area (TPSA) is 77.0 Å². The number of hydrogen-bond acceptors (Lipinski definition) is 6. The zero-order valence-corrected chi connectivity index (χ0v) is 19.1. The van der Waals surface area contributed by atoms with E-state index in [0.29, 0.717) is 5.56 Å². The van der Waals surface area contributed by atoms with Crippen LogP contribution < -0.4 is 16.2 Å². The van der Waals surface area contributed by atoms with Gasteiger partial charge in [0.25, 0.3) is 5.56 Å². The second-order valence-corrected chi connectivity index (χ2v) is 7.89. The molecular formula is C20H25Cl2N5OS. The predicted molar refractivity (Wildman–Crippen MR) is 125 cm³/mol. The second kappa shape index (κ2) is 9.15. The summed E-state index contributed by atoms with van der Waals surface area (Å²) in [5.41, 5.74) is 12.7. The van der Waals surface area contributed by atoms with Gasteiger partial charge in [0.15, 0.2) is 0 Å². The summed E-state index contributed by atoms with van der Waals surface area (Å²) in [4.78, 5) is 19.7. The van der Waals surface area contributed by atoms with Gasteiger partial charge in [-0.15, -0.1) is 36.2 Å². The quantitative estimate of drug-likeness (QED) is 0.608. The molecule has 1 aliphatic heterocycles. The van der Waals surface area contributed by atoms with E-state index in [1.54, 1.807) is 7.05 Å². The van der Waals surface area contributed by atoms with Gasteiger partial charge in [-0.3, -0.25) is 4.79 Å². The summed E-state index contributed by atoms with van der Waals surface area (Å²) >= 11 is 1.52. The smallest absolute Gasteiger partial charge is 0.277 e. The van der Waals surface area contributed by atoms with Crippen LogP contribution in [0.2, 0.25) is 0 Å². The molecule has 1 aromatic carbocycles. The van der Waals surface area contributed by atoms with E-state index in [0.717, 1.165) is 53.6 Å². The molecule has 0 saturated carbocycles. The summed E-state index contributed by atoms with van der Waals surface area (Å²) in [5.74, 6) is 0. The van der Waals surface area contributed by atoms with Crippen LogP contribution in [0.15, 0.2) is 28.4 Å². The third-order valence-corrected chi connectivity index (χ3v) is 6.14. The molecule has 4 rings (SSSR count). The number of fused-ring (bicyclic) bond motifs is 1. The Morgan fingerprint density at radius 2 is 2.00 bits per heavy atom. The van der Waals surface area contributed by atoms with Crippen molar-refractivity contribution in [3.63, 3.8) is 0 Å². The molecule has 0 radical (unpaired) electrons. The number of rotatable bonds is 3. The van der Waals surface area contributed by atoms with Gasteiger partial charge in [0.05, 0.1) is 23.5 Å². The van der Waals surface area contributed by atoms with E-state index in [9.17, 15) is 4.79 Å². The third-order valence-electron chi connectivity index (χ3n) is 5.23. The van der Waals surface area contributed by atoms with Crippen LogP contribution in [0, 0.1) is 13.8 Å². The van der Waals surface area contributed by atoms with Crippen LogP contribution >= 0.6 is 36.2 Å². The molecular weight excluding hydrogens is 429 g/mol. The molecule has 0 spiro atoms. The second-order valence-electron chi connectivity index (χ2n) is 7.03. The van der Waals surface area contributed by atoms with Crippen LogP contribution in [0.4, 0.5) is 11.4 Å². The van der Waals surface area contributed by atoms with Crippen molar-refractivity contribution in [1.29, 1.82) is 0 Å². The van der Waals surface area contributed by atoms with Crippen molar-refractivity contribution >= 4 is 47.5 Å². The monoisotopic (exact) mass is 453 g/mol. The number of aryl methyl sites for hydroxylation is 2. The Hall–Kier alpha value is -2.09. The Bertz CT molecular complexity index is 1080. The maximum Gasteiger partial charge on any atom is 0.277 e. The van der Waals surface area contributed by atoms with Crippen molar-refractivity contribution in [2.24, 2.45) is 7.05 Å². The molecule has 1 aliphatic rings. The lowest BCUT2D eigenvalue weighted by Crippen LogP contribution is -2.29. The first kappa shape index (κ1) is 23.2. The molecule has 0 fully saturated rings. The standard InChI is InChI=1S/C20H23N5OS.2ClH/c1-12-13(2)23-24(3)20(26)18(12)19-22-14(11-27-19)10-25-9-5-6-15-16(21)7-4-8-17(15)25;;/h4,7-8,11H,5-6,9-10,21H2,1-3H3;2*1H. The minimum Gasteiger partial charge on any atom is -0.398 e. The highest BCUT2D eigenvalue weighted by Crippen LogP contribution is 2.33. The van der Waals surface area contributed by atoms with Crippen molar-refractivity contribution < 1.29 is 0 Å². The zero-order valence-electron chi connectivity index (χ0n) is 16.6. The highest BCUT2D eigenvalue weighted by Gasteiger charge is 2.21. The van der Waals surface area contributed by atoms with E-state index in [2.05, 4.69) is 16.1 Å². The minimum atomic E-state index is -0.102. The molecule has 0 unspecified atom stereocenters. The molecule has 0 atom stereocenters. The maximum absolute atomic E-state index is 12.6. The average Bonchev–Trinajstić information content (AvgIpc) is 3.09. The number of nitrogen functional groups attached to an aromatic ring is 1. The number of halogens is 2. The minimum absolute atomic E-state index is 0. The highest BCUT2D eigenvalue weighted by atomic mass is 35.5. The zero-order chi connectivity index (χ0) is 19.1. The van der Waals surface area contributed by atoms with Crippen molar-refractivity contribution in [3.05, 3.63) is 56.4 Å². The first-order valence-electron chi connectivity index (χ1n) is 9.07. The van der Waals surface area contributed by atoms with Crippen LogP contribution in [-0.4, -0.2) is 21.3 Å². The van der Waals surface area contributed by atoms with Gasteiger partial charge in [-0.05, 0) is 49.9 Å². The molecule has 9 heteroatoms. The van der Waals surface area contributed by atoms with Crippen LogP contribution in [-0.2, 0) is 20.0 Å². The molecule has 0 saturated heterocycles. The SMILES string of the molecule is Cc1nn(C)c(=O)c(-c2nc(CN3CCCc4c(N)cccc43)cs2)c1C.Cl.Cl. The van der Waals surface area contributed by atoms with Gasteiger partial charge < -0.3 is 10.6 Å². The molecule has 6 nitrogen and oxygen atoms in total. The van der Waals surface area contributed by atoms with Crippen LogP contribution in [0.25, 0.3) is 10.6 Å². The normalized spacial score (nSPS) is 12.7. The lowest BCUT2D eigenvalue weighted by molar-refractivity contribution is 0.685. The number of anilines is 2. The van der Waals surface area contributed by atoms with E-state index in [4.69, 9.17) is 10.7 Å². The summed E-state index contributed by atoms with van der Waals surface area (Å²) in [7, 11) is 1.68. The number of benzene rings is 1. The number of thiazole rings is 1. The van der Waals surface area contributed by atoms with Gasteiger partial charge in [0.2, 0.25) is 0 Å². The highest BCUT2D eigenvalue weighted by molar-refractivity contribution is 7.13. The van der Waals surface area contributed by atoms with Crippen LogP contribution in [0.3, 0.4) is 0 Å². The molecule has 3 aromatic rings. The van der Waals surface area contributed by atoms with E-state index in [-0.39, 0.29) is 30.4 Å². The first-order valence-corrected chi connectivity index (χ1v) is 9.95. The Labute approximate surface area is 186 Å². The Balaban J connectivity index is 0.00000150. The van der Waals surface area contributed by atoms with Gasteiger partial charge in [0.1, 0.15) is 5.01 Å². The van der Waals surface area contributed by atoms with Crippen molar-refractivity contribution in [2.45, 2.75) is 33.2 Å². The molecule has 2 aromatic heterocycles. The van der Waals surface area contributed by atoms with Crippen molar-refractivity contribution in [2.75, 3.05) is 17.2 Å². The summed E-state index contributed by atoms with van der Waals surface area (Å²) in [6.07, 6.45) is 2.10. The van der Waals surface area contributed by atoms with Gasteiger partial charge in [-0.25, -0.2) is 9.67 Å². The van der Waals surface area contributed by atoms with Gasteiger partial charge in [-0.1, -0.05) is 6.07 Å². The Morgan fingerprint density at radius 1 is 1.24 bits per heavy atom. The summed E-state index contributed by atoms with van der Waals surface area (Å²) in [6.45, 7) is 5.56. The fourth-order valence-electron chi connectivity index (χ4n) is 3.68.